The van der Waals surface area contributed by atoms with Crippen molar-refractivity contribution >= 4 is 23.8 Å². The second kappa shape index (κ2) is 6.69. The van der Waals surface area contributed by atoms with E-state index in [0.717, 1.165) is 24.2 Å². The number of hydrogen-bond donors (Lipinski definition) is 1. The molecular weight excluding hydrogens is 274 g/mol. The monoisotopic (exact) mass is 295 g/mol. The topological polar surface area (TPSA) is 86.8 Å². The number of urea groups is 1. The summed E-state index contributed by atoms with van der Waals surface area (Å²) in [6.45, 7) is 2.91. The standard InChI is InChI=1S/C14H21N3O4/c1-2-6-10-12(19)15-14(21)17(13(10)20)9-11(18)16-7-4-3-5-8-16/h10H,2-9H2,1H3,(H,15,19,21). The molecule has 1 unspecified atom stereocenters. The Labute approximate surface area is 123 Å². The molecule has 1 atom stereocenters. The van der Waals surface area contributed by atoms with E-state index in [4.69, 9.17) is 0 Å². The molecule has 2 aliphatic heterocycles. The van der Waals surface area contributed by atoms with Crippen molar-refractivity contribution < 1.29 is 19.2 Å². The fourth-order valence-corrected chi connectivity index (χ4v) is 2.73. The van der Waals surface area contributed by atoms with E-state index >= 15 is 0 Å². The van der Waals surface area contributed by atoms with Gasteiger partial charge in [-0.2, -0.15) is 0 Å². The fraction of sp³-hybridized carbons (Fsp3) is 0.714. The summed E-state index contributed by atoms with van der Waals surface area (Å²) in [5.41, 5.74) is 0. The SMILES string of the molecule is CCCC1C(=O)NC(=O)N(CC(=O)N2CCCCC2)C1=O. The van der Waals surface area contributed by atoms with Crippen LogP contribution in [0.15, 0.2) is 0 Å². The third-order valence-electron chi connectivity index (χ3n) is 3.94. The van der Waals surface area contributed by atoms with Crippen LogP contribution in [0.5, 0.6) is 0 Å². The van der Waals surface area contributed by atoms with Gasteiger partial charge in [-0.25, -0.2) is 4.79 Å². The smallest absolute Gasteiger partial charge is 0.331 e. The number of hydrogen-bond acceptors (Lipinski definition) is 4. The Hall–Kier alpha value is -1.92. The van der Waals surface area contributed by atoms with E-state index in [1.165, 1.54) is 0 Å². The zero-order valence-corrected chi connectivity index (χ0v) is 12.3. The summed E-state index contributed by atoms with van der Waals surface area (Å²) in [5.74, 6) is -2.21. The highest BCUT2D eigenvalue weighted by Gasteiger charge is 2.40. The Balaban J connectivity index is 2.03. The van der Waals surface area contributed by atoms with Crippen LogP contribution in [0.2, 0.25) is 0 Å². The lowest BCUT2D eigenvalue weighted by Gasteiger charge is -2.32. The normalized spacial score (nSPS) is 23.3. The van der Waals surface area contributed by atoms with Crippen molar-refractivity contribution in [1.82, 2.24) is 15.1 Å². The van der Waals surface area contributed by atoms with Gasteiger partial charge >= 0.3 is 6.03 Å². The summed E-state index contributed by atoms with van der Waals surface area (Å²) < 4.78 is 0. The van der Waals surface area contributed by atoms with E-state index in [9.17, 15) is 19.2 Å². The highest BCUT2D eigenvalue weighted by atomic mass is 16.2. The Bertz CT molecular complexity index is 457. The molecule has 0 radical (unpaired) electrons. The zero-order chi connectivity index (χ0) is 15.4. The molecular formula is C14H21N3O4. The number of carbonyl (C=O) groups is 4. The average Bonchev–Trinajstić information content (AvgIpc) is 2.48. The lowest BCUT2D eigenvalue weighted by atomic mass is 9.99. The van der Waals surface area contributed by atoms with Crippen LogP contribution in [-0.2, 0) is 14.4 Å². The van der Waals surface area contributed by atoms with Crippen molar-refractivity contribution in [2.24, 2.45) is 5.92 Å². The van der Waals surface area contributed by atoms with Gasteiger partial charge in [-0.05, 0) is 25.7 Å². The van der Waals surface area contributed by atoms with Crippen LogP contribution in [0, 0.1) is 5.92 Å². The molecule has 0 saturated carbocycles. The zero-order valence-electron chi connectivity index (χ0n) is 12.3. The number of likely N-dealkylation sites (tertiary alicyclic amines) is 1. The van der Waals surface area contributed by atoms with Crippen LogP contribution in [-0.4, -0.2) is 53.2 Å². The van der Waals surface area contributed by atoms with Gasteiger partial charge in [0.2, 0.25) is 17.7 Å². The first-order chi connectivity index (χ1) is 10.0. The van der Waals surface area contributed by atoms with Crippen molar-refractivity contribution in [2.45, 2.75) is 39.0 Å². The minimum atomic E-state index is -0.859. The quantitative estimate of drug-likeness (QED) is 0.765. The lowest BCUT2D eigenvalue weighted by Crippen LogP contribution is -2.60. The van der Waals surface area contributed by atoms with Crippen LogP contribution in [0.25, 0.3) is 0 Å². The minimum absolute atomic E-state index is 0.234. The van der Waals surface area contributed by atoms with Gasteiger partial charge in [0, 0.05) is 13.1 Å². The average molecular weight is 295 g/mol. The Morgan fingerprint density at radius 1 is 1.19 bits per heavy atom. The molecule has 0 aromatic carbocycles. The first-order valence-electron chi connectivity index (χ1n) is 7.48. The van der Waals surface area contributed by atoms with Gasteiger partial charge in [0.05, 0.1) is 0 Å². The molecule has 2 saturated heterocycles. The summed E-state index contributed by atoms with van der Waals surface area (Å²) in [5, 5.41) is 2.16. The van der Waals surface area contributed by atoms with E-state index in [2.05, 4.69) is 5.32 Å². The number of imide groups is 2. The number of piperidine rings is 1. The van der Waals surface area contributed by atoms with Crippen molar-refractivity contribution in [3.8, 4) is 0 Å². The summed E-state index contributed by atoms with van der Waals surface area (Å²) in [4.78, 5) is 50.4. The van der Waals surface area contributed by atoms with Gasteiger partial charge in [-0.15, -0.1) is 0 Å². The maximum Gasteiger partial charge on any atom is 0.331 e. The molecule has 0 spiro atoms. The Kier molecular flexibility index (Phi) is 4.93. The molecule has 2 rings (SSSR count). The van der Waals surface area contributed by atoms with Crippen LogP contribution in [0.1, 0.15) is 39.0 Å². The fourth-order valence-electron chi connectivity index (χ4n) is 2.73. The number of rotatable bonds is 4. The maximum absolute atomic E-state index is 12.2. The summed E-state index contributed by atoms with van der Waals surface area (Å²) in [6.07, 6.45) is 4.03. The maximum atomic E-state index is 12.2. The predicted molar refractivity (Wildman–Crippen MR) is 74.1 cm³/mol. The number of carbonyl (C=O) groups excluding carboxylic acids is 4. The first kappa shape index (κ1) is 15.5. The lowest BCUT2D eigenvalue weighted by molar-refractivity contribution is -0.147. The highest BCUT2D eigenvalue weighted by Crippen LogP contribution is 2.17. The third kappa shape index (κ3) is 3.40. The van der Waals surface area contributed by atoms with Gasteiger partial charge in [0.15, 0.2) is 0 Å². The molecule has 5 amide bonds. The first-order valence-corrected chi connectivity index (χ1v) is 7.48. The van der Waals surface area contributed by atoms with Gasteiger partial charge in [-0.1, -0.05) is 13.3 Å². The van der Waals surface area contributed by atoms with Gasteiger partial charge < -0.3 is 4.90 Å². The number of nitrogens with zero attached hydrogens (tertiary/aromatic N) is 2. The Morgan fingerprint density at radius 3 is 2.48 bits per heavy atom. The number of amides is 5. The van der Waals surface area contributed by atoms with E-state index < -0.39 is 23.8 Å². The molecule has 0 aliphatic carbocycles. The second-order valence-electron chi connectivity index (χ2n) is 5.50. The molecule has 7 nitrogen and oxygen atoms in total. The van der Waals surface area contributed by atoms with Gasteiger partial charge in [0.1, 0.15) is 12.5 Å². The summed E-state index contributed by atoms with van der Waals surface area (Å²) >= 11 is 0. The molecule has 21 heavy (non-hydrogen) atoms. The summed E-state index contributed by atoms with van der Waals surface area (Å²) in [6, 6.07) is -0.789. The largest absolute Gasteiger partial charge is 0.341 e. The van der Waals surface area contributed by atoms with Crippen molar-refractivity contribution in [3.63, 3.8) is 0 Å². The van der Waals surface area contributed by atoms with Crippen molar-refractivity contribution in [2.75, 3.05) is 19.6 Å². The van der Waals surface area contributed by atoms with Crippen LogP contribution in [0.3, 0.4) is 0 Å². The van der Waals surface area contributed by atoms with Crippen molar-refractivity contribution in [3.05, 3.63) is 0 Å². The van der Waals surface area contributed by atoms with Crippen molar-refractivity contribution in [1.29, 1.82) is 0 Å². The van der Waals surface area contributed by atoms with E-state index in [-0.39, 0.29) is 12.5 Å². The van der Waals surface area contributed by atoms with Gasteiger partial charge in [0.25, 0.3) is 0 Å². The minimum Gasteiger partial charge on any atom is -0.341 e. The van der Waals surface area contributed by atoms with E-state index in [0.29, 0.717) is 25.9 Å². The predicted octanol–water partition coefficient (Wildman–Crippen LogP) is 0.494. The van der Waals surface area contributed by atoms with E-state index in [1.807, 2.05) is 6.92 Å². The molecule has 2 fully saturated rings. The number of barbiturate groups is 1. The van der Waals surface area contributed by atoms with Crippen LogP contribution >= 0.6 is 0 Å². The molecule has 1 N–H and O–H groups in total. The molecule has 2 heterocycles. The molecule has 0 aromatic rings. The van der Waals surface area contributed by atoms with E-state index in [1.54, 1.807) is 4.90 Å². The number of nitrogens with one attached hydrogen (secondary N) is 1. The molecule has 0 bridgehead atoms. The van der Waals surface area contributed by atoms with Crippen LogP contribution in [0.4, 0.5) is 4.79 Å². The highest BCUT2D eigenvalue weighted by molar-refractivity contribution is 6.17. The molecule has 116 valence electrons. The Morgan fingerprint density at radius 2 is 1.86 bits per heavy atom. The molecule has 2 aliphatic rings. The molecule has 0 aromatic heterocycles. The summed E-state index contributed by atoms with van der Waals surface area (Å²) in [7, 11) is 0. The molecule has 7 heteroatoms. The van der Waals surface area contributed by atoms with Gasteiger partial charge in [-0.3, -0.25) is 24.6 Å². The third-order valence-corrected chi connectivity index (χ3v) is 3.94. The van der Waals surface area contributed by atoms with Crippen LogP contribution < -0.4 is 5.32 Å². The second-order valence-corrected chi connectivity index (χ2v) is 5.50.